The Bertz CT molecular complexity index is 1080. The first-order valence-electron chi connectivity index (χ1n) is 9.23. The van der Waals surface area contributed by atoms with Crippen LogP contribution in [0.3, 0.4) is 0 Å². The lowest BCUT2D eigenvalue weighted by Crippen LogP contribution is -2.47. The van der Waals surface area contributed by atoms with Crippen LogP contribution in [0.5, 0.6) is 0 Å². The van der Waals surface area contributed by atoms with E-state index in [1.807, 2.05) is 70.2 Å². The van der Waals surface area contributed by atoms with Gasteiger partial charge in [-0.1, -0.05) is 30.3 Å². The Hall–Kier alpha value is -3.15. The number of aromatic nitrogens is 2. The van der Waals surface area contributed by atoms with Gasteiger partial charge < -0.3 is 5.11 Å². The molecule has 1 aromatic heterocycles. The van der Waals surface area contributed by atoms with E-state index in [1.54, 1.807) is 13.0 Å². The Balaban J connectivity index is 2.39. The van der Waals surface area contributed by atoms with E-state index in [0.29, 0.717) is 22.4 Å². The first kappa shape index (κ1) is 19.6. The smallest absolute Gasteiger partial charge is 0.408 e. The number of amides is 1. The summed E-state index contributed by atoms with van der Waals surface area (Å²) in [6.07, 6.45) is -1.06. The summed E-state index contributed by atoms with van der Waals surface area (Å²) in [6, 6.07) is 14.1. The third-order valence-corrected chi connectivity index (χ3v) is 4.83. The van der Waals surface area contributed by atoms with Gasteiger partial charge in [0.1, 0.15) is 5.82 Å². The zero-order valence-electron chi connectivity index (χ0n) is 16.8. The SMILES string of the molecule is Cc1cccc2c(=O)n(-c3ccccc3)c(C(C)N(C(=O)O)C(C)(C)C)nc12. The van der Waals surface area contributed by atoms with Crippen molar-refractivity contribution >= 4 is 17.0 Å². The van der Waals surface area contributed by atoms with Crippen molar-refractivity contribution < 1.29 is 9.90 Å². The molecule has 0 aliphatic rings. The second kappa shape index (κ2) is 7.11. The second-order valence-corrected chi connectivity index (χ2v) is 7.92. The predicted molar refractivity (Wildman–Crippen MR) is 110 cm³/mol. The van der Waals surface area contributed by atoms with Crippen LogP contribution in [0.4, 0.5) is 4.79 Å². The van der Waals surface area contributed by atoms with E-state index in [9.17, 15) is 14.7 Å². The highest BCUT2D eigenvalue weighted by Gasteiger charge is 2.34. The molecule has 0 bridgehead atoms. The highest BCUT2D eigenvalue weighted by molar-refractivity contribution is 5.81. The van der Waals surface area contributed by atoms with Crippen molar-refractivity contribution in [3.8, 4) is 5.69 Å². The van der Waals surface area contributed by atoms with Crippen LogP contribution < -0.4 is 5.56 Å². The minimum Gasteiger partial charge on any atom is -0.465 e. The van der Waals surface area contributed by atoms with E-state index in [4.69, 9.17) is 4.98 Å². The van der Waals surface area contributed by atoms with Gasteiger partial charge in [0.2, 0.25) is 0 Å². The molecule has 28 heavy (non-hydrogen) atoms. The minimum absolute atomic E-state index is 0.207. The van der Waals surface area contributed by atoms with Crippen molar-refractivity contribution in [2.45, 2.75) is 46.2 Å². The molecule has 2 aromatic carbocycles. The van der Waals surface area contributed by atoms with Gasteiger partial charge in [-0.3, -0.25) is 14.3 Å². The van der Waals surface area contributed by atoms with Crippen LogP contribution in [0.1, 0.15) is 45.1 Å². The van der Waals surface area contributed by atoms with Crippen molar-refractivity contribution in [3.63, 3.8) is 0 Å². The topological polar surface area (TPSA) is 75.4 Å². The quantitative estimate of drug-likeness (QED) is 0.725. The average molecular weight is 379 g/mol. The van der Waals surface area contributed by atoms with Gasteiger partial charge in [-0.2, -0.15) is 0 Å². The summed E-state index contributed by atoms with van der Waals surface area (Å²) >= 11 is 0. The zero-order valence-corrected chi connectivity index (χ0v) is 16.8. The molecule has 3 rings (SSSR count). The zero-order chi connectivity index (χ0) is 20.6. The highest BCUT2D eigenvalue weighted by Crippen LogP contribution is 2.29. The Morgan fingerprint density at radius 2 is 1.75 bits per heavy atom. The van der Waals surface area contributed by atoms with Gasteiger partial charge in [0.15, 0.2) is 0 Å². The molecular weight excluding hydrogens is 354 g/mol. The molecule has 6 heteroatoms. The number of para-hydroxylation sites is 2. The van der Waals surface area contributed by atoms with Gasteiger partial charge >= 0.3 is 6.09 Å². The number of benzene rings is 2. The lowest BCUT2D eigenvalue weighted by Gasteiger charge is -2.38. The predicted octanol–water partition coefficient (Wildman–Crippen LogP) is 4.53. The Morgan fingerprint density at radius 3 is 2.32 bits per heavy atom. The summed E-state index contributed by atoms with van der Waals surface area (Å²) in [5.74, 6) is 0.398. The number of nitrogens with zero attached hydrogens (tertiary/aromatic N) is 3. The van der Waals surface area contributed by atoms with Gasteiger partial charge in [-0.05, 0) is 58.4 Å². The standard InChI is InChI=1S/C22H25N3O3/c1-14-10-9-13-17-18(14)23-19(15(2)25(21(27)28)22(3,4)5)24(20(17)26)16-11-7-6-8-12-16/h6-13,15H,1-5H3,(H,27,28). The van der Waals surface area contributed by atoms with E-state index in [0.717, 1.165) is 5.56 Å². The summed E-state index contributed by atoms with van der Waals surface area (Å²) in [4.78, 5) is 31.6. The second-order valence-electron chi connectivity index (χ2n) is 7.92. The summed E-state index contributed by atoms with van der Waals surface area (Å²) in [6.45, 7) is 9.15. The maximum atomic E-state index is 13.4. The normalized spacial score (nSPS) is 12.8. The first-order valence-corrected chi connectivity index (χ1v) is 9.23. The number of carbonyl (C=O) groups is 1. The maximum Gasteiger partial charge on any atom is 0.408 e. The maximum absolute atomic E-state index is 13.4. The van der Waals surface area contributed by atoms with Gasteiger partial charge in [0.25, 0.3) is 5.56 Å². The van der Waals surface area contributed by atoms with Crippen LogP contribution in [0.15, 0.2) is 53.3 Å². The average Bonchev–Trinajstić information content (AvgIpc) is 2.61. The van der Waals surface area contributed by atoms with Crippen LogP contribution in [0, 0.1) is 6.92 Å². The molecule has 0 saturated carbocycles. The molecule has 1 amide bonds. The third kappa shape index (κ3) is 3.38. The van der Waals surface area contributed by atoms with Gasteiger partial charge in [-0.25, -0.2) is 9.78 Å². The van der Waals surface area contributed by atoms with Gasteiger partial charge in [-0.15, -0.1) is 0 Å². The molecule has 0 fully saturated rings. The fourth-order valence-corrected chi connectivity index (χ4v) is 3.62. The highest BCUT2D eigenvalue weighted by atomic mass is 16.4. The molecule has 146 valence electrons. The number of aryl methyl sites for hydroxylation is 1. The number of rotatable bonds is 3. The molecule has 0 radical (unpaired) electrons. The Labute approximate surface area is 164 Å². The van der Waals surface area contributed by atoms with E-state index in [1.165, 1.54) is 9.47 Å². The molecule has 0 saturated heterocycles. The molecule has 1 N–H and O–H groups in total. The van der Waals surface area contributed by atoms with Crippen LogP contribution >= 0.6 is 0 Å². The van der Waals surface area contributed by atoms with E-state index < -0.39 is 17.7 Å². The Kier molecular flexibility index (Phi) is 4.98. The van der Waals surface area contributed by atoms with Crippen LogP contribution in [0.25, 0.3) is 16.6 Å². The molecule has 6 nitrogen and oxygen atoms in total. The van der Waals surface area contributed by atoms with Crippen molar-refractivity contribution in [2.75, 3.05) is 0 Å². The van der Waals surface area contributed by atoms with Crippen molar-refractivity contribution in [1.29, 1.82) is 0 Å². The van der Waals surface area contributed by atoms with Crippen LogP contribution in [-0.2, 0) is 0 Å². The fraction of sp³-hybridized carbons (Fsp3) is 0.318. The molecule has 0 aliphatic heterocycles. The molecule has 1 unspecified atom stereocenters. The lowest BCUT2D eigenvalue weighted by atomic mass is 10.0. The number of hydrogen-bond acceptors (Lipinski definition) is 3. The molecule has 0 spiro atoms. The number of fused-ring (bicyclic) bond motifs is 1. The molecule has 3 aromatic rings. The summed E-state index contributed by atoms with van der Waals surface area (Å²) in [5, 5.41) is 10.4. The van der Waals surface area contributed by atoms with Crippen LogP contribution in [0.2, 0.25) is 0 Å². The molecular formula is C22H25N3O3. The van der Waals surface area contributed by atoms with Crippen molar-refractivity contribution in [2.24, 2.45) is 0 Å². The molecule has 1 heterocycles. The van der Waals surface area contributed by atoms with Crippen molar-refractivity contribution in [3.05, 3.63) is 70.3 Å². The molecule has 1 atom stereocenters. The van der Waals surface area contributed by atoms with Crippen molar-refractivity contribution in [1.82, 2.24) is 14.5 Å². The van der Waals surface area contributed by atoms with E-state index in [-0.39, 0.29) is 5.56 Å². The monoisotopic (exact) mass is 379 g/mol. The minimum atomic E-state index is -1.06. The number of hydrogen-bond donors (Lipinski definition) is 1. The van der Waals surface area contributed by atoms with Crippen LogP contribution in [-0.4, -0.2) is 31.2 Å². The first-order chi connectivity index (χ1) is 13.1. The van der Waals surface area contributed by atoms with Gasteiger partial charge in [0.05, 0.1) is 22.6 Å². The third-order valence-electron chi connectivity index (χ3n) is 4.83. The fourth-order valence-electron chi connectivity index (χ4n) is 3.62. The number of carboxylic acid groups (broad SMARTS) is 1. The largest absolute Gasteiger partial charge is 0.465 e. The summed E-state index contributed by atoms with van der Waals surface area (Å²) in [7, 11) is 0. The van der Waals surface area contributed by atoms with Gasteiger partial charge in [0, 0.05) is 5.54 Å². The van der Waals surface area contributed by atoms with E-state index in [2.05, 4.69) is 0 Å². The summed E-state index contributed by atoms with van der Waals surface area (Å²) < 4.78 is 1.52. The lowest BCUT2D eigenvalue weighted by molar-refractivity contribution is 0.0719. The molecule has 0 aliphatic carbocycles. The Morgan fingerprint density at radius 1 is 1.11 bits per heavy atom. The van der Waals surface area contributed by atoms with E-state index >= 15 is 0 Å². The summed E-state index contributed by atoms with van der Waals surface area (Å²) in [5.41, 5.74) is 1.26.